The quantitative estimate of drug-likeness (QED) is 0.911. The Labute approximate surface area is 129 Å². The van der Waals surface area contributed by atoms with E-state index in [2.05, 4.69) is 10.2 Å². The molecule has 114 valence electrons. The van der Waals surface area contributed by atoms with Crippen LogP contribution in [0.4, 0.5) is 4.39 Å². The van der Waals surface area contributed by atoms with Crippen molar-refractivity contribution in [1.82, 2.24) is 10.2 Å². The predicted molar refractivity (Wildman–Crippen MR) is 80.6 cm³/mol. The number of nitrogens with zero attached hydrogens (tertiary/aromatic N) is 1. The molecule has 5 heteroatoms. The van der Waals surface area contributed by atoms with E-state index >= 15 is 0 Å². The zero-order valence-corrected chi connectivity index (χ0v) is 12.8. The maximum Gasteiger partial charge on any atom is 0.226 e. The lowest BCUT2D eigenvalue weighted by Crippen LogP contribution is -2.51. The minimum Gasteiger partial charge on any atom is -0.356 e. The summed E-state index contributed by atoms with van der Waals surface area (Å²) in [6.45, 7) is 2.95. The molecular weight excluding hydrogens is 291 g/mol. The Morgan fingerprint density at radius 1 is 1.29 bits per heavy atom. The van der Waals surface area contributed by atoms with E-state index in [9.17, 15) is 9.18 Å². The molecule has 2 aliphatic rings. The summed E-state index contributed by atoms with van der Waals surface area (Å²) in [6, 6.07) is 4.79. The van der Waals surface area contributed by atoms with Crippen molar-refractivity contribution in [3.8, 4) is 0 Å². The van der Waals surface area contributed by atoms with Gasteiger partial charge in [0.1, 0.15) is 5.82 Å². The number of nitrogens with one attached hydrogen (secondary N) is 1. The first-order valence-corrected chi connectivity index (χ1v) is 7.92. The molecule has 0 aromatic heterocycles. The molecule has 21 heavy (non-hydrogen) atoms. The average Bonchev–Trinajstić information content (AvgIpc) is 2.48. The molecule has 0 saturated carbocycles. The molecular formula is C16H20ClFN2O. The van der Waals surface area contributed by atoms with E-state index < -0.39 is 0 Å². The topological polar surface area (TPSA) is 32.3 Å². The van der Waals surface area contributed by atoms with Crippen LogP contribution in [0.5, 0.6) is 0 Å². The first-order valence-electron chi connectivity index (χ1n) is 7.54. The third-order valence-corrected chi connectivity index (χ3v) is 5.21. The first kappa shape index (κ1) is 14.8. The van der Waals surface area contributed by atoms with Gasteiger partial charge in [0.25, 0.3) is 0 Å². The van der Waals surface area contributed by atoms with Gasteiger partial charge in [0.05, 0.1) is 5.41 Å². The highest BCUT2D eigenvalue weighted by Crippen LogP contribution is 2.38. The molecule has 0 bridgehead atoms. The van der Waals surface area contributed by atoms with Crippen molar-refractivity contribution in [3.05, 3.63) is 34.6 Å². The van der Waals surface area contributed by atoms with Gasteiger partial charge < -0.3 is 5.32 Å². The number of carbonyl (C=O) groups excluding carboxylic acids is 1. The van der Waals surface area contributed by atoms with Crippen LogP contribution < -0.4 is 5.32 Å². The Bertz CT molecular complexity index is 521. The summed E-state index contributed by atoms with van der Waals surface area (Å²) in [4.78, 5) is 14.3. The highest BCUT2D eigenvalue weighted by Gasteiger charge is 2.42. The summed E-state index contributed by atoms with van der Waals surface area (Å²) in [7, 11) is 0. The molecule has 3 rings (SSSR count). The molecule has 1 aromatic carbocycles. The Morgan fingerprint density at radius 2 is 2.05 bits per heavy atom. The summed E-state index contributed by atoms with van der Waals surface area (Å²) >= 11 is 6.08. The van der Waals surface area contributed by atoms with E-state index in [1.54, 1.807) is 12.1 Å². The Hall–Kier alpha value is -1.13. The highest BCUT2D eigenvalue weighted by atomic mass is 35.5. The van der Waals surface area contributed by atoms with Gasteiger partial charge in [-0.05, 0) is 50.9 Å². The van der Waals surface area contributed by atoms with Crippen LogP contribution in [0.3, 0.4) is 0 Å². The van der Waals surface area contributed by atoms with Crippen molar-refractivity contribution in [3.63, 3.8) is 0 Å². The van der Waals surface area contributed by atoms with E-state index in [1.165, 1.54) is 6.07 Å². The molecule has 2 heterocycles. The van der Waals surface area contributed by atoms with Gasteiger partial charge in [-0.3, -0.25) is 9.69 Å². The zero-order valence-electron chi connectivity index (χ0n) is 12.0. The lowest BCUT2D eigenvalue weighted by molar-refractivity contribution is -0.136. The van der Waals surface area contributed by atoms with E-state index in [1.807, 2.05) is 0 Å². The number of amides is 1. The highest BCUT2D eigenvalue weighted by molar-refractivity contribution is 6.31. The number of likely N-dealkylation sites (tertiary alicyclic amines) is 1. The third-order valence-electron chi connectivity index (χ3n) is 4.86. The standard InChI is InChI=1S/C16H20ClFN2O/c17-13-3-1-4-14(18)12(13)11-20-9-6-16(7-10-20)5-2-8-19-15(16)21/h1,3-4H,2,5-11H2,(H,19,21). The second-order valence-corrected chi connectivity index (χ2v) is 6.52. The summed E-state index contributed by atoms with van der Waals surface area (Å²) in [5, 5.41) is 3.46. The SMILES string of the molecule is O=C1NCCCC12CCN(Cc1c(F)cccc1Cl)CC2. The maximum absolute atomic E-state index is 13.8. The number of halogens is 2. The average molecular weight is 311 g/mol. The second kappa shape index (κ2) is 5.93. The molecule has 1 amide bonds. The fourth-order valence-corrected chi connectivity index (χ4v) is 3.68. The molecule has 0 atom stereocenters. The number of carbonyl (C=O) groups is 1. The van der Waals surface area contributed by atoms with Crippen molar-refractivity contribution < 1.29 is 9.18 Å². The van der Waals surface area contributed by atoms with Crippen molar-refractivity contribution >= 4 is 17.5 Å². The molecule has 0 radical (unpaired) electrons. The van der Waals surface area contributed by atoms with Crippen LogP contribution in [0, 0.1) is 11.2 Å². The molecule has 2 saturated heterocycles. The number of hydrogen-bond acceptors (Lipinski definition) is 2. The number of piperidine rings is 2. The van der Waals surface area contributed by atoms with Gasteiger partial charge >= 0.3 is 0 Å². The van der Waals surface area contributed by atoms with E-state index in [0.29, 0.717) is 17.1 Å². The molecule has 0 aliphatic carbocycles. The fraction of sp³-hybridized carbons (Fsp3) is 0.562. The zero-order chi connectivity index (χ0) is 14.9. The Morgan fingerprint density at radius 3 is 2.71 bits per heavy atom. The molecule has 1 spiro atoms. The van der Waals surface area contributed by atoms with Gasteiger partial charge in [0, 0.05) is 23.7 Å². The normalized spacial score (nSPS) is 22.3. The van der Waals surface area contributed by atoms with E-state index in [4.69, 9.17) is 11.6 Å². The van der Waals surface area contributed by atoms with Gasteiger partial charge in [0.2, 0.25) is 5.91 Å². The summed E-state index contributed by atoms with van der Waals surface area (Å²) in [5.41, 5.74) is 0.372. The van der Waals surface area contributed by atoms with Crippen LogP contribution in [-0.2, 0) is 11.3 Å². The van der Waals surface area contributed by atoms with Gasteiger partial charge in [-0.15, -0.1) is 0 Å². The molecule has 3 nitrogen and oxygen atoms in total. The van der Waals surface area contributed by atoms with Gasteiger partial charge in [-0.25, -0.2) is 4.39 Å². The van der Waals surface area contributed by atoms with Gasteiger partial charge in [0.15, 0.2) is 0 Å². The van der Waals surface area contributed by atoms with Crippen LogP contribution in [0.1, 0.15) is 31.2 Å². The van der Waals surface area contributed by atoms with Crippen molar-refractivity contribution in [2.45, 2.75) is 32.2 Å². The van der Waals surface area contributed by atoms with Crippen molar-refractivity contribution in [1.29, 1.82) is 0 Å². The molecule has 1 N–H and O–H groups in total. The van der Waals surface area contributed by atoms with Crippen LogP contribution in [0.2, 0.25) is 5.02 Å². The lowest BCUT2D eigenvalue weighted by Gasteiger charge is -2.43. The van der Waals surface area contributed by atoms with Crippen molar-refractivity contribution in [2.75, 3.05) is 19.6 Å². The van der Waals surface area contributed by atoms with E-state index in [0.717, 1.165) is 45.3 Å². The molecule has 2 aliphatic heterocycles. The van der Waals surface area contributed by atoms with Crippen molar-refractivity contribution in [2.24, 2.45) is 5.41 Å². The van der Waals surface area contributed by atoms with Crippen LogP contribution in [0.15, 0.2) is 18.2 Å². The van der Waals surface area contributed by atoms with Crippen LogP contribution in [0.25, 0.3) is 0 Å². The van der Waals surface area contributed by atoms with Gasteiger partial charge in [-0.2, -0.15) is 0 Å². The Kier molecular flexibility index (Phi) is 4.18. The molecule has 1 aromatic rings. The Balaban J connectivity index is 1.65. The minimum atomic E-state index is -0.252. The van der Waals surface area contributed by atoms with Crippen LogP contribution >= 0.6 is 11.6 Å². The largest absolute Gasteiger partial charge is 0.356 e. The van der Waals surface area contributed by atoms with Crippen LogP contribution in [-0.4, -0.2) is 30.4 Å². The smallest absolute Gasteiger partial charge is 0.226 e. The fourth-order valence-electron chi connectivity index (χ4n) is 3.45. The van der Waals surface area contributed by atoms with Gasteiger partial charge in [-0.1, -0.05) is 17.7 Å². The number of hydrogen-bond donors (Lipinski definition) is 1. The third kappa shape index (κ3) is 2.92. The molecule has 2 fully saturated rings. The lowest BCUT2D eigenvalue weighted by atomic mass is 9.72. The predicted octanol–water partition coefficient (Wildman–Crippen LogP) is 2.97. The minimum absolute atomic E-state index is 0.187. The molecule has 0 unspecified atom stereocenters. The second-order valence-electron chi connectivity index (χ2n) is 6.12. The first-order chi connectivity index (χ1) is 10.1. The summed E-state index contributed by atoms with van der Waals surface area (Å²) in [6.07, 6.45) is 3.74. The monoisotopic (exact) mass is 310 g/mol. The summed E-state index contributed by atoms with van der Waals surface area (Å²) in [5.74, 6) is -0.0458. The number of benzene rings is 1. The van der Waals surface area contributed by atoms with E-state index in [-0.39, 0.29) is 17.1 Å². The maximum atomic E-state index is 13.8. The summed E-state index contributed by atoms with van der Waals surface area (Å²) < 4.78 is 13.8. The number of rotatable bonds is 2.